The van der Waals surface area contributed by atoms with Gasteiger partial charge in [-0.15, -0.1) is 0 Å². The highest BCUT2D eigenvalue weighted by Gasteiger charge is 2.16. The molecule has 0 aliphatic carbocycles. The standard InChI is InChI=1S/C13H10BrF2NO/c14-8-4-5-12(17-7-8)13(18)6-9-10(15)2-1-3-11(9)16/h1-5,7,13,18H,6H2. The van der Waals surface area contributed by atoms with Crippen LogP contribution in [-0.4, -0.2) is 10.1 Å². The van der Waals surface area contributed by atoms with Crippen LogP contribution in [0.2, 0.25) is 0 Å². The number of halogens is 3. The molecule has 0 aliphatic heterocycles. The number of aliphatic hydroxyl groups excluding tert-OH is 1. The number of rotatable bonds is 3. The first-order chi connectivity index (χ1) is 8.58. The van der Waals surface area contributed by atoms with Crippen LogP contribution in [0.5, 0.6) is 0 Å². The Labute approximate surface area is 111 Å². The predicted molar refractivity (Wildman–Crippen MR) is 67.0 cm³/mol. The first-order valence-corrected chi connectivity index (χ1v) is 6.09. The average molecular weight is 314 g/mol. The second-order valence-electron chi connectivity index (χ2n) is 3.82. The lowest BCUT2D eigenvalue weighted by Gasteiger charge is -2.11. The number of pyridine rings is 1. The summed E-state index contributed by atoms with van der Waals surface area (Å²) in [6.07, 6.45) is 0.341. The van der Waals surface area contributed by atoms with Crippen LogP contribution in [0.3, 0.4) is 0 Å². The average Bonchev–Trinajstić information content (AvgIpc) is 2.34. The van der Waals surface area contributed by atoms with E-state index in [9.17, 15) is 13.9 Å². The highest BCUT2D eigenvalue weighted by molar-refractivity contribution is 9.10. The largest absolute Gasteiger partial charge is 0.386 e. The second kappa shape index (κ2) is 5.54. The van der Waals surface area contributed by atoms with Crippen molar-refractivity contribution in [3.05, 3.63) is 63.9 Å². The van der Waals surface area contributed by atoms with E-state index in [2.05, 4.69) is 20.9 Å². The van der Waals surface area contributed by atoms with Gasteiger partial charge in [0, 0.05) is 22.7 Å². The molecule has 1 atom stereocenters. The van der Waals surface area contributed by atoms with Gasteiger partial charge in [0.2, 0.25) is 0 Å². The third kappa shape index (κ3) is 2.91. The summed E-state index contributed by atoms with van der Waals surface area (Å²) in [5.41, 5.74) is 0.246. The Morgan fingerprint density at radius 3 is 2.39 bits per heavy atom. The van der Waals surface area contributed by atoms with Crippen molar-refractivity contribution in [2.24, 2.45) is 0 Å². The summed E-state index contributed by atoms with van der Waals surface area (Å²) >= 11 is 3.22. The fraction of sp³-hybridized carbons (Fsp3) is 0.154. The van der Waals surface area contributed by atoms with Gasteiger partial charge < -0.3 is 5.11 Å². The molecule has 1 aromatic heterocycles. The Hall–Kier alpha value is -1.33. The van der Waals surface area contributed by atoms with Crippen LogP contribution < -0.4 is 0 Å². The summed E-state index contributed by atoms with van der Waals surface area (Å²) in [5.74, 6) is -1.32. The third-order valence-electron chi connectivity index (χ3n) is 2.55. The lowest BCUT2D eigenvalue weighted by Crippen LogP contribution is -2.07. The van der Waals surface area contributed by atoms with Crippen molar-refractivity contribution < 1.29 is 13.9 Å². The number of benzene rings is 1. The summed E-state index contributed by atoms with van der Waals surface area (Å²) in [5, 5.41) is 9.90. The van der Waals surface area contributed by atoms with Crippen molar-refractivity contribution in [3.63, 3.8) is 0 Å². The van der Waals surface area contributed by atoms with Crippen LogP contribution in [0.1, 0.15) is 17.4 Å². The molecule has 5 heteroatoms. The van der Waals surface area contributed by atoms with E-state index >= 15 is 0 Å². The van der Waals surface area contributed by atoms with Crippen LogP contribution in [0.25, 0.3) is 0 Å². The molecule has 2 nitrogen and oxygen atoms in total. The van der Waals surface area contributed by atoms with Crippen LogP contribution in [0, 0.1) is 11.6 Å². The van der Waals surface area contributed by atoms with Gasteiger partial charge in [0.05, 0.1) is 5.69 Å². The molecule has 1 aromatic carbocycles. The number of nitrogens with zero attached hydrogens (tertiary/aromatic N) is 1. The van der Waals surface area contributed by atoms with E-state index in [1.165, 1.54) is 24.4 Å². The van der Waals surface area contributed by atoms with Crippen LogP contribution in [-0.2, 0) is 6.42 Å². The predicted octanol–water partition coefficient (Wildman–Crippen LogP) is 3.40. The quantitative estimate of drug-likeness (QED) is 0.942. The Morgan fingerprint density at radius 1 is 1.17 bits per heavy atom. The van der Waals surface area contributed by atoms with Gasteiger partial charge in [0.1, 0.15) is 17.7 Å². The molecule has 2 rings (SSSR count). The Kier molecular flexibility index (Phi) is 4.04. The Morgan fingerprint density at radius 2 is 1.83 bits per heavy atom. The molecule has 2 aromatic rings. The van der Waals surface area contributed by atoms with Gasteiger partial charge in [0.15, 0.2) is 0 Å². The molecule has 1 heterocycles. The molecular weight excluding hydrogens is 304 g/mol. The van der Waals surface area contributed by atoms with Gasteiger partial charge >= 0.3 is 0 Å². The molecular formula is C13H10BrF2NO. The van der Waals surface area contributed by atoms with E-state index in [0.717, 1.165) is 4.47 Å². The maximum absolute atomic E-state index is 13.4. The summed E-state index contributed by atoms with van der Waals surface area (Å²) < 4.78 is 27.6. The Balaban J connectivity index is 2.21. The van der Waals surface area contributed by atoms with Crippen molar-refractivity contribution in [2.75, 3.05) is 0 Å². The first-order valence-electron chi connectivity index (χ1n) is 5.30. The topological polar surface area (TPSA) is 33.1 Å². The van der Waals surface area contributed by atoms with Gasteiger partial charge in [-0.3, -0.25) is 4.98 Å². The maximum atomic E-state index is 13.4. The van der Waals surface area contributed by atoms with E-state index in [4.69, 9.17) is 0 Å². The zero-order chi connectivity index (χ0) is 13.1. The molecule has 0 saturated carbocycles. The first kappa shape index (κ1) is 13.1. The molecule has 0 saturated heterocycles. The third-order valence-corrected chi connectivity index (χ3v) is 3.02. The van der Waals surface area contributed by atoms with Crippen molar-refractivity contribution >= 4 is 15.9 Å². The van der Waals surface area contributed by atoms with E-state index < -0.39 is 17.7 Å². The molecule has 1 unspecified atom stereocenters. The minimum Gasteiger partial charge on any atom is -0.386 e. The van der Waals surface area contributed by atoms with E-state index in [1.54, 1.807) is 12.1 Å². The van der Waals surface area contributed by atoms with E-state index in [1.807, 2.05) is 0 Å². The summed E-state index contributed by atoms with van der Waals surface area (Å²) in [6.45, 7) is 0. The zero-order valence-electron chi connectivity index (χ0n) is 9.28. The highest BCUT2D eigenvalue weighted by atomic mass is 79.9. The second-order valence-corrected chi connectivity index (χ2v) is 4.74. The molecule has 0 amide bonds. The van der Waals surface area contributed by atoms with Gasteiger partial charge in [-0.25, -0.2) is 8.78 Å². The van der Waals surface area contributed by atoms with Gasteiger partial charge in [-0.1, -0.05) is 6.07 Å². The monoisotopic (exact) mass is 313 g/mol. The van der Waals surface area contributed by atoms with Gasteiger partial charge in [0.25, 0.3) is 0 Å². The minimum atomic E-state index is -1.04. The SMILES string of the molecule is OC(Cc1c(F)cccc1F)c1ccc(Br)cn1. The summed E-state index contributed by atoms with van der Waals surface area (Å²) in [6, 6.07) is 6.94. The van der Waals surface area contributed by atoms with Crippen LogP contribution in [0.4, 0.5) is 8.78 Å². The molecule has 94 valence electrons. The van der Waals surface area contributed by atoms with Crippen LogP contribution >= 0.6 is 15.9 Å². The molecule has 1 N–H and O–H groups in total. The maximum Gasteiger partial charge on any atom is 0.129 e. The Bertz CT molecular complexity index is 525. The molecule has 18 heavy (non-hydrogen) atoms. The number of aliphatic hydroxyl groups is 1. The summed E-state index contributed by atoms with van der Waals surface area (Å²) in [7, 11) is 0. The number of hydrogen-bond donors (Lipinski definition) is 1. The highest BCUT2D eigenvalue weighted by Crippen LogP contribution is 2.21. The van der Waals surface area contributed by atoms with Crippen molar-refractivity contribution in [1.82, 2.24) is 4.98 Å². The zero-order valence-corrected chi connectivity index (χ0v) is 10.9. The van der Waals surface area contributed by atoms with Crippen molar-refractivity contribution in [2.45, 2.75) is 12.5 Å². The van der Waals surface area contributed by atoms with Crippen molar-refractivity contribution in [1.29, 1.82) is 0 Å². The molecule has 0 bridgehead atoms. The number of aromatic nitrogens is 1. The minimum absolute atomic E-state index is 0.130. The fourth-order valence-electron chi connectivity index (χ4n) is 1.61. The molecule has 0 fully saturated rings. The number of hydrogen-bond acceptors (Lipinski definition) is 2. The fourth-order valence-corrected chi connectivity index (χ4v) is 1.84. The molecule has 0 spiro atoms. The van der Waals surface area contributed by atoms with E-state index in [0.29, 0.717) is 5.69 Å². The van der Waals surface area contributed by atoms with E-state index in [-0.39, 0.29) is 12.0 Å². The van der Waals surface area contributed by atoms with Crippen LogP contribution in [0.15, 0.2) is 41.0 Å². The van der Waals surface area contributed by atoms with Gasteiger partial charge in [-0.2, -0.15) is 0 Å². The summed E-state index contributed by atoms with van der Waals surface area (Å²) in [4.78, 5) is 3.99. The smallest absolute Gasteiger partial charge is 0.129 e. The lowest BCUT2D eigenvalue weighted by atomic mass is 10.0. The molecule has 0 aliphatic rings. The molecule has 0 radical (unpaired) electrons. The van der Waals surface area contributed by atoms with Crippen molar-refractivity contribution in [3.8, 4) is 0 Å². The lowest BCUT2D eigenvalue weighted by molar-refractivity contribution is 0.171. The normalized spacial score (nSPS) is 12.4. The van der Waals surface area contributed by atoms with Gasteiger partial charge in [-0.05, 0) is 40.2 Å².